The van der Waals surface area contributed by atoms with Crippen LogP contribution in [0.25, 0.3) is 0 Å². The molecule has 0 aromatic heterocycles. The molecule has 1 heterocycles. The Morgan fingerprint density at radius 2 is 2.09 bits per heavy atom. The van der Waals surface area contributed by atoms with Gasteiger partial charge in [-0.25, -0.2) is 9.18 Å². The normalized spacial score (nSPS) is 19.7. The van der Waals surface area contributed by atoms with E-state index in [0.717, 1.165) is 18.7 Å². The van der Waals surface area contributed by atoms with Crippen LogP contribution in [0, 0.1) is 5.82 Å². The van der Waals surface area contributed by atoms with Crippen molar-refractivity contribution in [3.8, 4) is 0 Å². The fourth-order valence-corrected chi connectivity index (χ4v) is 2.91. The lowest BCUT2D eigenvalue weighted by Gasteiger charge is -2.40. The van der Waals surface area contributed by atoms with E-state index in [0.29, 0.717) is 17.6 Å². The van der Waals surface area contributed by atoms with Crippen molar-refractivity contribution in [2.24, 2.45) is 0 Å². The second-order valence-corrected chi connectivity index (χ2v) is 7.86. The van der Waals surface area contributed by atoms with E-state index in [9.17, 15) is 9.18 Å². The number of benzene rings is 1. The summed E-state index contributed by atoms with van der Waals surface area (Å²) < 4.78 is 19.5. The average molecular weight is 387 g/mol. The number of hydrogen-bond acceptors (Lipinski definition) is 3. The van der Waals surface area contributed by atoms with Crippen molar-refractivity contribution in [2.75, 3.05) is 19.6 Å². The molecule has 6 heteroatoms. The molecular weight excluding hydrogens is 363 g/mol. The van der Waals surface area contributed by atoms with Crippen molar-refractivity contribution < 1.29 is 13.9 Å². The number of halogens is 2. The second-order valence-electron chi connectivity index (χ2n) is 7.01. The van der Waals surface area contributed by atoms with Crippen LogP contribution in [0.1, 0.15) is 33.3 Å². The molecule has 0 bridgehead atoms. The summed E-state index contributed by atoms with van der Waals surface area (Å²) in [6.45, 7) is 10.4. The lowest BCUT2D eigenvalue weighted by Crippen LogP contribution is -2.54. The number of carbonyl (C=O) groups excluding carboxylic acids is 1. The Hall–Kier alpha value is -1.14. The van der Waals surface area contributed by atoms with Crippen LogP contribution >= 0.6 is 15.9 Å². The Morgan fingerprint density at radius 3 is 2.65 bits per heavy atom. The topological polar surface area (TPSA) is 32.8 Å². The van der Waals surface area contributed by atoms with Crippen molar-refractivity contribution in [3.05, 3.63) is 34.1 Å². The summed E-state index contributed by atoms with van der Waals surface area (Å²) in [5.41, 5.74) is 0.451. The third-order valence-corrected chi connectivity index (χ3v) is 4.37. The number of nitrogens with zero attached hydrogens (tertiary/aromatic N) is 2. The number of hydrogen-bond donors (Lipinski definition) is 0. The Bertz CT molecular complexity index is 574. The van der Waals surface area contributed by atoms with Gasteiger partial charge in [0.05, 0.1) is 4.47 Å². The fraction of sp³-hybridized carbons (Fsp3) is 0.588. The van der Waals surface area contributed by atoms with Crippen molar-refractivity contribution in [1.82, 2.24) is 9.80 Å². The van der Waals surface area contributed by atoms with Crippen molar-refractivity contribution >= 4 is 22.0 Å². The van der Waals surface area contributed by atoms with E-state index in [2.05, 4.69) is 20.8 Å². The monoisotopic (exact) mass is 386 g/mol. The summed E-state index contributed by atoms with van der Waals surface area (Å²) in [6.07, 6.45) is -0.265. The summed E-state index contributed by atoms with van der Waals surface area (Å²) in [7, 11) is 0. The molecule has 1 aromatic rings. The lowest BCUT2D eigenvalue weighted by molar-refractivity contribution is 0.000559. The van der Waals surface area contributed by atoms with Crippen LogP contribution in [0.5, 0.6) is 0 Å². The van der Waals surface area contributed by atoms with Gasteiger partial charge in [-0.3, -0.25) is 4.90 Å². The Labute approximate surface area is 145 Å². The molecule has 0 saturated carbocycles. The highest BCUT2D eigenvalue weighted by Crippen LogP contribution is 2.20. The first kappa shape index (κ1) is 18.2. The van der Waals surface area contributed by atoms with E-state index in [-0.39, 0.29) is 18.0 Å². The van der Waals surface area contributed by atoms with Crippen molar-refractivity contribution in [2.45, 2.75) is 45.9 Å². The third-order valence-electron chi connectivity index (χ3n) is 3.73. The number of piperazine rings is 1. The van der Waals surface area contributed by atoms with Gasteiger partial charge in [0.1, 0.15) is 11.4 Å². The van der Waals surface area contributed by atoms with Gasteiger partial charge >= 0.3 is 6.09 Å². The van der Waals surface area contributed by atoms with Crippen molar-refractivity contribution in [1.29, 1.82) is 0 Å². The van der Waals surface area contributed by atoms with Gasteiger partial charge in [0.2, 0.25) is 0 Å². The standard InChI is InChI=1S/C17H24BrFN2O2/c1-12-10-20(11-13-5-6-14(18)15(19)9-13)7-8-21(12)16(22)23-17(2,3)4/h5-6,9,12H,7-8,10-11H2,1-4H3/t12-/m1/s1. The number of rotatable bonds is 2. The Morgan fingerprint density at radius 1 is 1.39 bits per heavy atom. The molecule has 1 amide bonds. The van der Waals surface area contributed by atoms with Gasteiger partial charge in [-0.15, -0.1) is 0 Å². The Balaban J connectivity index is 1.93. The summed E-state index contributed by atoms with van der Waals surface area (Å²) in [6, 6.07) is 5.26. The van der Waals surface area contributed by atoms with E-state index >= 15 is 0 Å². The minimum atomic E-state index is -0.483. The van der Waals surface area contributed by atoms with Gasteiger partial charge in [-0.1, -0.05) is 6.07 Å². The molecule has 1 aliphatic rings. The quantitative estimate of drug-likeness (QED) is 0.768. The second kappa shape index (κ2) is 7.18. The van der Waals surface area contributed by atoms with E-state index in [4.69, 9.17) is 4.74 Å². The molecule has 1 atom stereocenters. The maximum atomic E-state index is 13.6. The molecule has 0 unspecified atom stereocenters. The summed E-state index contributed by atoms with van der Waals surface area (Å²) in [5, 5.41) is 0. The van der Waals surface area contributed by atoms with Gasteiger partial charge < -0.3 is 9.64 Å². The Kier molecular flexibility index (Phi) is 5.68. The highest BCUT2D eigenvalue weighted by molar-refractivity contribution is 9.10. The molecule has 1 saturated heterocycles. The summed E-state index contributed by atoms with van der Waals surface area (Å²) in [4.78, 5) is 16.2. The number of amides is 1. The lowest BCUT2D eigenvalue weighted by atomic mass is 10.1. The largest absolute Gasteiger partial charge is 0.444 e. The zero-order valence-electron chi connectivity index (χ0n) is 14.1. The van der Waals surface area contributed by atoms with E-state index < -0.39 is 5.60 Å². The molecule has 4 nitrogen and oxygen atoms in total. The molecular formula is C17H24BrFN2O2. The van der Waals surface area contributed by atoms with Crippen LogP contribution in [-0.4, -0.2) is 47.2 Å². The SMILES string of the molecule is C[C@@H]1CN(Cc2ccc(Br)c(F)c2)CCN1C(=O)OC(C)(C)C. The van der Waals surface area contributed by atoms with Crippen LogP contribution in [0.3, 0.4) is 0 Å². The van der Waals surface area contributed by atoms with Crippen molar-refractivity contribution in [3.63, 3.8) is 0 Å². The first-order chi connectivity index (χ1) is 10.7. The van der Waals surface area contributed by atoms with Crippen LogP contribution in [0.15, 0.2) is 22.7 Å². The predicted molar refractivity (Wildman–Crippen MR) is 91.8 cm³/mol. The van der Waals surface area contributed by atoms with E-state index in [1.165, 1.54) is 0 Å². The first-order valence-corrected chi connectivity index (χ1v) is 8.61. The molecule has 0 spiro atoms. The molecule has 1 fully saturated rings. The molecule has 0 radical (unpaired) electrons. The van der Waals surface area contributed by atoms with Gasteiger partial charge in [0, 0.05) is 32.2 Å². The maximum Gasteiger partial charge on any atom is 0.410 e. The minimum absolute atomic E-state index is 0.0684. The minimum Gasteiger partial charge on any atom is -0.444 e. The molecule has 0 N–H and O–H groups in total. The summed E-state index contributed by atoms with van der Waals surface area (Å²) >= 11 is 3.17. The molecule has 23 heavy (non-hydrogen) atoms. The van der Waals surface area contributed by atoms with E-state index in [1.54, 1.807) is 17.0 Å². The highest BCUT2D eigenvalue weighted by atomic mass is 79.9. The number of ether oxygens (including phenoxy) is 1. The van der Waals surface area contributed by atoms with Crippen LogP contribution in [0.2, 0.25) is 0 Å². The molecule has 128 valence electrons. The maximum absolute atomic E-state index is 13.6. The zero-order valence-corrected chi connectivity index (χ0v) is 15.7. The van der Waals surface area contributed by atoms with Gasteiger partial charge in [-0.05, 0) is 61.3 Å². The average Bonchev–Trinajstić information content (AvgIpc) is 2.41. The van der Waals surface area contributed by atoms with Gasteiger partial charge in [0.25, 0.3) is 0 Å². The fourth-order valence-electron chi connectivity index (χ4n) is 2.66. The van der Waals surface area contributed by atoms with Crippen LogP contribution in [-0.2, 0) is 11.3 Å². The number of carbonyl (C=O) groups is 1. The molecule has 0 aliphatic carbocycles. The molecule has 1 aromatic carbocycles. The van der Waals surface area contributed by atoms with E-state index in [1.807, 2.05) is 33.8 Å². The third kappa shape index (κ3) is 5.18. The van der Waals surface area contributed by atoms with Crippen LogP contribution < -0.4 is 0 Å². The highest BCUT2D eigenvalue weighted by Gasteiger charge is 2.30. The van der Waals surface area contributed by atoms with Gasteiger partial charge in [0.15, 0.2) is 0 Å². The first-order valence-electron chi connectivity index (χ1n) is 7.81. The summed E-state index contributed by atoms with van der Waals surface area (Å²) in [5.74, 6) is -0.247. The molecule has 1 aliphatic heterocycles. The van der Waals surface area contributed by atoms with Gasteiger partial charge in [-0.2, -0.15) is 0 Å². The predicted octanol–water partition coefficient (Wildman–Crippen LogP) is 4.03. The zero-order chi connectivity index (χ0) is 17.2. The molecule has 2 rings (SSSR count). The van der Waals surface area contributed by atoms with Crippen LogP contribution in [0.4, 0.5) is 9.18 Å². The smallest absolute Gasteiger partial charge is 0.410 e.